The van der Waals surface area contributed by atoms with Crippen LogP contribution >= 0.6 is 0 Å². The van der Waals surface area contributed by atoms with Gasteiger partial charge in [0.2, 0.25) is 0 Å². The van der Waals surface area contributed by atoms with Crippen molar-refractivity contribution in [3.8, 4) is 22.3 Å². The lowest BCUT2D eigenvalue weighted by molar-refractivity contribution is 0.673. The quantitative estimate of drug-likeness (QED) is 0.142. The van der Waals surface area contributed by atoms with Gasteiger partial charge in [-0.15, -0.1) is 0 Å². The molecular weight excluding hydrogens is 569 g/mol. The van der Waals surface area contributed by atoms with Crippen molar-refractivity contribution in [3.05, 3.63) is 158 Å². The first-order valence-corrected chi connectivity index (χ1v) is 15.6. The number of rotatable bonds is 2. The second-order valence-corrected chi connectivity index (χ2v) is 12.2. The molecule has 0 fully saturated rings. The molecule has 0 unspecified atom stereocenters. The minimum absolute atomic E-state index is 0.184. The van der Waals surface area contributed by atoms with Crippen molar-refractivity contribution in [1.82, 2.24) is 0 Å². The number of benzene rings is 10. The van der Waals surface area contributed by atoms with Crippen molar-refractivity contribution in [2.24, 2.45) is 0 Å². The molecule has 0 aliphatic carbocycles. The van der Waals surface area contributed by atoms with Crippen molar-refractivity contribution in [2.45, 2.75) is 0 Å². The molecule has 10 aromatic carbocycles. The maximum absolute atomic E-state index is 9.57. The number of hydrogen-bond acceptors (Lipinski definition) is 1. The van der Waals surface area contributed by atoms with Crippen LogP contribution in [0, 0.1) is 0 Å². The molecule has 1 heteroatoms. The Balaban J connectivity index is 1.43. The van der Waals surface area contributed by atoms with E-state index in [2.05, 4.69) is 6.07 Å². The molecule has 0 amide bonds. The normalized spacial score (nSPS) is 14.6. The van der Waals surface area contributed by atoms with Gasteiger partial charge in [-0.3, -0.25) is 0 Å². The van der Waals surface area contributed by atoms with E-state index in [1.165, 1.54) is 0 Å². The summed E-state index contributed by atoms with van der Waals surface area (Å²) in [6.07, 6.45) is 0. The molecule has 0 radical (unpaired) electrons. The van der Waals surface area contributed by atoms with E-state index in [0.717, 1.165) is 59.4 Å². The predicted octanol–water partition coefficient (Wildman–Crippen LogP) is 13.3. The van der Waals surface area contributed by atoms with E-state index < -0.39 is 24.2 Å². The van der Waals surface area contributed by atoms with Crippen LogP contribution in [0.1, 0.15) is 11.0 Å². The van der Waals surface area contributed by atoms with Crippen LogP contribution in [0.4, 0.5) is 0 Å². The van der Waals surface area contributed by atoms with Gasteiger partial charge in [0.25, 0.3) is 0 Å². The van der Waals surface area contributed by atoms with Gasteiger partial charge in [-0.2, -0.15) is 0 Å². The Bertz CT molecular complexity index is 3450. The third-order valence-electron chi connectivity index (χ3n) is 9.81. The predicted molar refractivity (Wildman–Crippen MR) is 201 cm³/mol. The van der Waals surface area contributed by atoms with Crippen LogP contribution in [0.2, 0.25) is 0 Å². The topological polar surface area (TPSA) is 13.1 Å². The highest BCUT2D eigenvalue weighted by molar-refractivity contribution is 6.33. The van der Waals surface area contributed by atoms with Gasteiger partial charge >= 0.3 is 0 Å². The molecule has 1 aromatic heterocycles. The summed E-state index contributed by atoms with van der Waals surface area (Å²) >= 11 is 0. The van der Waals surface area contributed by atoms with Gasteiger partial charge in [0, 0.05) is 16.2 Å². The van der Waals surface area contributed by atoms with E-state index in [1.54, 1.807) is 0 Å². The lowest BCUT2D eigenvalue weighted by atomic mass is 9.82. The first kappa shape index (κ1) is 18.7. The van der Waals surface area contributed by atoms with Gasteiger partial charge in [-0.1, -0.05) is 139 Å². The van der Waals surface area contributed by atoms with E-state index in [0.29, 0.717) is 27.8 Å². The van der Waals surface area contributed by atoms with Crippen molar-refractivity contribution >= 4 is 86.6 Å². The summed E-state index contributed by atoms with van der Waals surface area (Å²) in [6, 6.07) is 32.6. The van der Waals surface area contributed by atoms with Crippen LogP contribution in [0.15, 0.2) is 162 Å². The van der Waals surface area contributed by atoms with Gasteiger partial charge in [0.1, 0.15) is 11.2 Å². The monoisotopic (exact) mass is 602 g/mol. The molecule has 0 saturated carbocycles. The molecule has 216 valence electrons. The van der Waals surface area contributed by atoms with Crippen molar-refractivity contribution in [2.75, 3.05) is 0 Å². The highest BCUT2D eigenvalue weighted by Gasteiger charge is 2.23. The zero-order valence-corrected chi connectivity index (χ0v) is 24.8. The number of fused-ring (bicyclic) bond motifs is 7. The molecule has 1 heterocycles. The molecule has 0 aliphatic rings. The number of furan rings is 1. The fourth-order valence-corrected chi connectivity index (χ4v) is 7.88. The zero-order chi connectivity index (χ0) is 37.6. The lowest BCUT2D eigenvalue weighted by Gasteiger charge is -2.20. The Morgan fingerprint density at radius 2 is 1.00 bits per heavy atom. The first-order chi connectivity index (χ1) is 26.7. The standard InChI is InChI=1S/C46H26O/c1-3-13-30-27(11-1)23-24-33-32(30)19-9-20-34(33)43-35-15-5-7-17-37(35)44(38-18-8-6-16-36(38)43)40-26-29-25-28-12-2-4-14-31(28)46-42(29)45-39(40)21-10-22-41(45)47-46/h1-26H/i5D,6D,7D,8D,15D,16D,17D,18D. The van der Waals surface area contributed by atoms with Gasteiger partial charge in [-0.05, 0) is 99.7 Å². The average molecular weight is 603 g/mol. The van der Waals surface area contributed by atoms with E-state index in [-0.39, 0.29) is 45.7 Å². The summed E-state index contributed by atoms with van der Waals surface area (Å²) in [7, 11) is 0. The third-order valence-corrected chi connectivity index (χ3v) is 9.81. The summed E-state index contributed by atoms with van der Waals surface area (Å²) in [4.78, 5) is 0. The molecule has 0 spiro atoms. The average Bonchev–Trinajstić information content (AvgIpc) is 3.62. The molecule has 11 aromatic rings. The van der Waals surface area contributed by atoms with Crippen LogP contribution < -0.4 is 0 Å². The van der Waals surface area contributed by atoms with E-state index in [1.807, 2.05) is 103 Å². The van der Waals surface area contributed by atoms with E-state index in [4.69, 9.17) is 9.90 Å². The molecule has 47 heavy (non-hydrogen) atoms. The Kier molecular flexibility index (Phi) is 3.66. The molecular formula is C46H26O. The molecule has 0 aliphatic heterocycles. The van der Waals surface area contributed by atoms with Gasteiger partial charge in [-0.25, -0.2) is 0 Å². The SMILES string of the molecule is [2H]c1c([2H])c([2H])c2c(-c3cc4cc5ccccc5c5oc6cccc3c6c45)c3c([2H])c([2H])c([2H])c([2H])c3c(-c3cccc4c3ccc3ccccc34)c2c1[2H]. The Labute approximate surface area is 281 Å². The molecule has 1 nitrogen and oxygen atoms in total. The third kappa shape index (κ3) is 3.33. The minimum Gasteiger partial charge on any atom is -0.455 e. The molecule has 11 rings (SSSR count). The number of hydrogen-bond donors (Lipinski definition) is 0. The summed E-state index contributed by atoms with van der Waals surface area (Å²) in [5.74, 6) is 0. The summed E-state index contributed by atoms with van der Waals surface area (Å²) < 4.78 is 80.6. The maximum Gasteiger partial charge on any atom is 0.143 e. The largest absolute Gasteiger partial charge is 0.455 e. The Morgan fingerprint density at radius 1 is 0.383 bits per heavy atom. The molecule has 0 N–H and O–H groups in total. The highest BCUT2D eigenvalue weighted by atomic mass is 16.3. The molecule has 0 atom stereocenters. The maximum atomic E-state index is 9.57. The Morgan fingerprint density at radius 3 is 1.77 bits per heavy atom. The zero-order valence-electron chi connectivity index (χ0n) is 32.8. The second-order valence-electron chi connectivity index (χ2n) is 12.2. The van der Waals surface area contributed by atoms with Crippen molar-refractivity contribution in [1.29, 1.82) is 0 Å². The van der Waals surface area contributed by atoms with Crippen molar-refractivity contribution < 1.29 is 15.4 Å². The van der Waals surface area contributed by atoms with Crippen molar-refractivity contribution in [3.63, 3.8) is 0 Å². The fraction of sp³-hybridized carbons (Fsp3) is 0. The highest BCUT2D eigenvalue weighted by Crippen LogP contribution is 2.50. The van der Waals surface area contributed by atoms with Gasteiger partial charge in [0.15, 0.2) is 0 Å². The van der Waals surface area contributed by atoms with E-state index in [9.17, 15) is 5.48 Å². The first-order valence-electron chi connectivity index (χ1n) is 19.6. The fourth-order valence-electron chi connectivity index (χ4n) is 7.88. The summed E-state index contributed by atoms with van der Waals surface area (Å²) in [5, 5.41) is 9.74. The smallest absolute Gasteiger partial charge is 0.143 e. The Hall–Kier alpha value is -6.18. The van der Waals surface area contributed by atoms with Gasteiger partial charge in [0.05, 0.1) is 11.0 Å². The summed E-state index contributed by atoms with van der Waals surface area (Å²) in [5.41, 5.74) is 3.22. The second kappa shape index (κ2) is 9.19. The van der Waals surface area contributed by atoms with Gasteiger partial charge < -0.3 is 4.42 Å². The van der Waals surface area contributed by atoms with Crippen LogP contribution in [0.5, 0.6) is 0 Å². The molecule has 0 bridgehead atoms. The van der Waals surface area contributed by atoms with Crippen LogP contribution in [0.25, 0.3) is 109 Å². The van der Waals surface area contributed by atoms with Crippen LogP contribution in [-0.2, 0) is 0 Å². The molecule has 0 saturated heterocycles. The van der Waals surface area contributed by atoms with Crippen LogP contribution in [-0.4, -0.2) is 0 Å². The minimum atomic E-state index is -0.430. The van der Waals surface area contributed by atoms with E-state index >= 15 is 0 Å². The lowest BCUT2D eigenvalue weighted by Crippen LogP contribution is -1.93. The summed E-state index contributed by atoms with van der Waals surface area (Å²) in [6.45, 7) is 0. The van der Waals surface area contributed by atoms with Crippen LogP contribution in [0.3, 0.4) is 0 Å².